The zero-order valence-electron chi connectivity index (χ0n) is 10.7. The van der Waals surface area contributed by atoms with Gasteiger partial charge in [0, 0.05) is 11.9 Å². The van der Waals surface area contributed by atoms with Crippen molar-refractivity contribution in [3.05, 3.63) is 11.1 Å². The first-order valence-electron chi connectivity index (χ1n) is 6.40. The van der Waals surface area contributed by atoms with Crippen LogP contribution in [0.5, 0.6) is 0 Å². The van der Waals surface area contributed by atoms with Crippen LogP contribution < -0.4 is 5.32 Å². The van der Waals surface area contributed by atoms with Gasteiger partial charge in [0.2, 0.25) is 0 Å². The number of unbranched alkanes of at least 4 members (excludes halogenated alkanes) is 6. The number of hydrogen-bond donors (Lipinski definition) is 1. The summed E-state index contributed by atoms with van der Waals surface area (Å²) in [7, 11) is 0. The molecule has 0 aliphatic rings. The predicted molar refractivity (Wildman–Crippen MR) is 76.9 cm³/mol. The quantitative estimate of drug-likeness (QED) is 0.661. The Kier molecular flexibility index (Phi) is 12.1. The molecule has 1 heterocycles. The van der Waals surface area contributed by atoms with Crippen LogP contribution >= 0.6 is 23.9 Å². The molecule has 0 saturated heterocycles. The van der Waals surface area contributed by atoms with Gasteiger partial charge in [-0.15, -0.1) is 17.5 Å². The van der Waals surface area contributed by atoms with Crippen molar-refractivity contribution < 1.29 is 0 Å². The summed E-state index contributed by atoms with van der Waals surface area (Å²) in [6.07, 6.45) is 9.58. The molecule has 100 valence electrons. The maximum absolute atomic E-state index is 3.99. The smallest absolute Gasteiger partial charge is 0.0893 e. The molecule has 0 radical (unpaired) electrons. The van der Waals surface area contributed by atoms with Gasteiger partial charge in [-0.3, -0.25) is 0 Å². The number of aromatic nitrogens is 2. The van der Waals surface area contributed by atoms with Gasteiger partial charge in [-0.2, -0.15) is 0 Å². The van der Waals surface area contributed by atoms with Crippen LogP contribution in [0.3, 0.4) is 0 Å². The fourth-order valence-corrected chi connectivity index (χ4v) is 2.14. The standard InChI is InChI=1S/C12H23N3S.ClH/c1-2-3-4-5-6-7-8-9-13-10-12-11-16-15-14-12;/h11,13H,2-10H2,1H3;1H. The van der Waals surface area contributed by atoms with Crippen molar-refractivity contribution in [2.45, 2.75) is 58.4 Å². The Labute approximate surface area is 115 Å². The van der Waals surface area contributed by atoms with E-state index in [1.54, 1.807) is 0 Å². The lowest BCUT2D eigenvalue weighted by molar-refractivity contribution is 0.560. The molecule has 0 amide bonds. The minimum atomic E-state index is 0. The molecular formula is C12H24ClN3S. The third-order valence-electron chi connectivity index (χ3n) is 2.67. The molecule has 1 aromatic rings. The maximum Gasteiger partial charge on any atom is 0.0893 e. The Morgan fingerprint density at radius 2 is 1.82 bits per heavy atom. The Hall–Kier alpha value is -0.190. The first-order chi connectivity index (χ1) is 7.93. The fourth-order valence-electron chi connectivity index (χ4n) is 1.68. The molecule has 3 nitrogen and oxygen atoms in total. The lowest BCUT2D eigenvalue weighted by Crippen LogP contribution is -2.14. The minimum Gasteiger partial charge on any atom is -0.311 e. The van der Waals surface area contributed by atoms with Crippen LogP contribution in [-0.4, -0.2) is 16.1 Å². The van der Waals surface area contributed by atoms with E-state index in [9.17, 15) is 0 Å². The molecule has 0 spiro atoms. The van der Waals surface area contributed by atoms with E-state index < -0.39 is 0 Å². The van der Waals surface area contributed by atoms with Crippen molar-refractivity contribution in [2.24, 2.45) is 0 Å². The third-order valence-corrected chi connectivity index (χ3v) is 3.22. The molecule has 0 aromatic carbocycles. The molecule has 1 N–H and O–H groups in total. The van der Waals surface area contributed by atoms with Crippen LogP contribution in [0.25, 0.3) is 0 Å². The van der Waals surface area contributed by atoms with E-state index in [0.717, 1.165) is 18.8 Å². The summed E-state index contributed by atoms with van der Waals surface area (Å²) in [5.41, 5.74) is 1.06. The van der Waals surface area contributed by atoms with Crippen molar-refractivity contribution in [1.29, 1.82) is 0 Å². The molecule has 0 aliphatic carbocycles. The van der Waals surface area contributed by atoms with Crippen LogP contribution in [-0.2, 0) is 6.54 Å². The number of nitrogens with one attached hydrogen (secondary N) is 1. The van der Waals surface area contributed by atoms with Gasteiger partial charge in [-0.05, 0) is 24.5 Å². The summed E-state index contributed by atoms with van der Waals surface area (Å²) in [6.45, 7) is 4.23. The summed E-state index contributed by atoms with van der Waals surface area (Å²) in [5.74, 6) is 0. The molecule has 0 saturated carbocycles. The van der Waals surface area contributed by atoms with E-state index in [-0.39, 0.29) is 12.4 Å². The first-order valence-corrected chi connectivity index (χ1v) is 7.23. The molecule has 0 fully saturated rings. The van der Waals surface area contributed by atoms with Gasteiger partial charge in [-0.25, -0.2) is 0 Å². The molecule has 5 heteroatoms. The van der Waals surface area contributed by atoms with Gasteiger partial charge >= 0.3 is 0 Å². The Balaban J connectivity index is 0.00000256. The number of halogens is 1. The lowest BCUT2D eigenvalue weighted by Gasteiger charge is -2.02. The maximum atomic E-state index is 3.99. The summed E-state index contributed by atoms with van der Waals surface area (Å²) < 4.78 is 3.83. The summed E-state index contributed by atoms with van der Waals surface area (Å²) in [4.78, 5) is 0. The highest BCUT2D eigenvalue weighted by Crippen LogP contribution is 2.06. The molecular weight excluding hydrogens is 254 g/mol. The Morgan fingerprint density at radius 3 is 2.47 bits per heavy atom. The number of hydrogen-bond acceptors (Lipinski definition) is 4. The highest BCUT2D eigenvalue weighted by molar-refractivity contribution is 7.03. The van der Waals surface area contributed by atoms with Crippen molar-refractivity contribution in [2.75, 3.05) is 6.54 Å². The van der Waals surface area contributed by atoms with Crippen LogP contribution in [0.15, 0.2) is 5.38 Å². The zero-order chi connectivity index (χ0) is 11.5. The van der Waals surface area contributed by atoms with Crippen LogP contribution in [0.2, 0.25) is 0 Å². The summed E-state index contributed by atoms with van der Waals surface area (Å²) in [5, 5.41) is 9.38. The van der Waals surface area contributed by atoms with E-state index in [4.69, 9.17) is 0 Å². The van der Waals surface area contributed by atoms with Gasteiger partial charge in [0.05, 0.1) is 5.69 Å². The third kappa shape index (κ3) is 9.51. The molecule has 0 unspecified atom stereocenters. The average molecular weight is 278 g/mol. The summed E-state index contributed by atoms with van der Waals surface area (Å²) >= 11 is 1.42. The number of rotatable bonds is 10. The molecule has 17 heavy (non-hydrogen) atoms. The van der Waals surface area contributed by atoms with Crippen LogP contribution in [0.1, 0.15) is 57.6 Å². The minimum absolute atomic E-state index is 0. The second-order valence-corrected chi connectivity index (χ2v) is 4.80. The van der Waals surface area contributed by atoms with E-state index in [2.05, 4.69) is 21.8 Å². The van der Waals surface area contributed by atoms with Crippen LogP contribution in [0.4, 0.5) is 0 Å². The monoisotopic (exact) mass is 277 g/mol. The van der Waals surface area contributed by atoms with Crippen molar-refractivity contribution in [1.82, 2.24) is 14.9 Å². The fraction of sp³-hybridized carbons (Fsp3) is 0.833. The van der Waals surface area contributed by atoms with Crippen LogP contribution in [0, 0.1) is 0 Å². The van der Waals surface area contributed by atoms with Gasteiger partial charge in [-0.1, -0.05) is 49.9 Å². The Morgan fingerprint density at radius 1 is 1.12 bits per heavy atom. The Bertz CT molecular complexity index is 242. The SMILES string of the molecule is CCCCCCCCCNCc1csnn1.Cl. The van der Waals surface area contributed by atoms with Crippen molar-refractivity contribution in [3.8, 4) is 0 Å². The van der Waals surface area contributed by atoms with Gasteiger partial charge in [0.1, 0.15) is 0 Å². The lowest BCUT2D eigenvalue weighted by atomic mass is 10.1. The van der Waals surface area contributed by atoms with Gasteiger partial charge in [0.25, 0.3) is 0 Å². The van der Waals surface area contributed by atoms with E-state index >= 15 is 0 Å². The predicted octanol–water partition coefficient (Wildman–Crippen LogP) is 3.80. The molecule has 1 rings (SSSR count). The molecule has 0 atom stereocenters. The summed E-state index contributed by atoms with van der Waals surface area (Å²) in [6, 6.07) is 0. The average Bonchev–Trinajstić information content (AvgIpc) is 2.80. The second-order valence-electron chi connectivity index (χ2n) is 4.19. The van der Waals surface area contributed by atoms with E-state index in [1.807, 2.05) is 5.38 Å². The normalized spacial score (nSPS) is 10.2. The van der Waals surface area contributed by atoms with E-state index in [0.29, 0.717) is 0 Å². The van der Waals surface area contributed by atoms with Crippen molar-refractivity contribution >= 4 is 23.9 Å². The molecule has 0 bridgehead atoms. The topological polar surface area (TPSA) is 37.8 Å². The van der Waals surface area contributed by atoms with Crippen molar-refractivity contribution in [3.63, 3.8) is 0 Å². The molecule has 1 aromatic heterocycles. The largest absolute Gasteiger partial charge is 0.311 e. The molecule has 0 aliphatic heterocycles. The first kappa shape index (κ1) is 16.8. The number of nitrogens with zero attached hydrogens (tertiary/aromatic N) is 2. The highest BCUT2D eigenvalue weighted by atomic mass is 35.5. The van der Waals surface area contributed by atoms with Gasteiger partial charge in [0.15, 0.2) is 0 Å². The van der Waals surface area contributed by atoms with E-state index in [1.165, 1.54) is 56.5 Å². The van der Waals surface area contributed by atoms with Gasteiger partial charge < -0.3 is 5.32 Å². The highest BCUT2D eigenvalue weighted by Gasteiger charge is 1.95. The second kappa shape index (κ2) is 12.3. The zero-order valence-corrected chi connectivity index (χ0v) is 12.3.